The van der Waals surface area contributed by atoms with Gasteiger partial charge in [0.25, 0.3) is 0 Å². The van der Waals surface area contributed by atoms with E-state index >= 15 is 0 Å². The first-order valence-corrected chi connectivity index (χ1v) is 8.21. The molecule has 1 aliphatic heterocycles. The number of anilines is 1. The molecule has 1 aliphatic rings. The van der Waals surface area contributed by atoms with Crippen molar-refractivity contribution in [2.45, 2.75) is 10.9 Å². The molecule has 0 spiro atoms. The highest BCUT2D eigenvalue weighted by Crippen LogP contribution is 2.16. The summed E-state index contributed by atoms with van der Waals surface area (Å²) < 4.78 is 40.1. The Morgan fingerprint density at radius 2 is 2.10 bits per heavy atom. The number of nitrogens with one attached hydrogen (secondary N) is 1. The number of hydrogen-bond donors (Lipinski definition) is 2. The number of nitrogens with two attached hydrogens (primary N) is 1. The van der Waals surface area contributed by atoms with E-state index in [0.717, 1.165) is 31.8 Å². The minimum absolute atomic E-state index is 0.0202. The first kappa shape index (κ1) is 16.2. The van der Waals surface area contributed by atoms with Crippen molar-refractivity contribution in [3.8, 4) is 0 Å². The van der Waals surface area contributed by atoms with E-state index in [0.29, 0.717) is 6.54 Å². The number of likely N-dealkylation sites (N-methyl/N-ethyl adjacent to an activating group) is 2. The monoisotopic (exact) mass is 316 g/mol. The zero-order valence-electron chi connectivity index (χ0n) is 12.2. The predicted molar refractivity (Wildman–Crippen MR) is 79.9 cm³/mol. The van der Waals surface area contributed by atoms with Crippen LogP contribution in [0.4, 0.5) is 10.1 Å². The zero-order chi connectivity index (χ0) is 15.6. The maximum absolute atomic E-state index is 13.1. The lowest BCUT2D eigenvalue weighted by atomic mass is 10.2. The van der Waals surface area contributed by atoms with Crippen molar-refractivity contribution in [3.05, 3.63) is 24.0 Å². The molecular formula is C13H21FN4O2S. The van der Waals surface area contributed by atoms with E-state index in [1.165, 1.54) is 6.07 Å². The highest BCUT2D eigenvalue weighted by Gasteiger charge is 2.24. The van der Waals surface area contributed by atoms with Gasteiger partial charge in [-0.05, 0) is 32.3 Å². The molecule has 1 fully saturated rings. The van der Waals surface area contributed by atoms with Gasteiger partial charge in [0.1, 0.15) is 5.82 Å². The second kappa shape index (κ2) is 6.27. The van der Waals surface area contributed by atoms with Gasteiger partial charge in [0.05, 0.1) is 10.6 Å². The minimum Gasteiger partial charge on any atom is -0.396 e. The van der Waals surface area contributed by atoms with Crippen LogP contribution in [0.25, 0.3) is 0 Å². The fourth-order valence-corrected chi connectivity index (χ4v) is 3.41. The molecule has 0 radical (unpaired) electrons. The lowest BCUT2D eigenvalue weighted by molar-refractivity contribution is 0.117. The molecule has 1 saturated heterocycles. The quantitative estimate of drug-likeness (QED) is 0.761. The lowest BCUT2D eigenvalue weighted by Crippen LogP contribution is -2.54. The molecule has 0 aliphatic carbocycles. The summed E-state index contributed by atoms with van der Waals surface area (Å²) in [7, 11) is 0.301. The van der Waals surface area contributed by atoms with E-state index in [2.05, 4.69) is 14.5 Å². The van der Waals surface area contributed by atoms with Crippen molar-refractivity contribution in [2.24, 2.45) is 0 Å². The van der Waals surface area contributed by atoms with E-state index in [-0.39, 0.29) is 16.6 Å². The Kier molecular flexibility index (Phi) is 4.82. The van der Waals surface area contributed by atoms with Gasteiger partial charge in [0, 0.05) is 32.2 Å². The molecule has 6 nitrogen and oxygen atoms in total. The molecular weight excluding hydrogens is 295 g/mol. The molecule has 0 aromatic heterocycles. The van der Waals surface area contributed by atoms with Gasteiger partial charge < -0.3 is 10.6 Å². The average molecular weight is 316 g/mol. The Labute approximate surface area is 124 Å². The fourth-order valence-electron chi connectivity index (χ4n) is 2.30. The fraction of sp³-hybridized carbons (Fsp3) is 0.538. The van der Waals surface area contributed by atoms with Gasteiger partial charge in [-0.15, -0.1) is 0 Å². The standard InChI is InChI=1S/C13H21FN4O2S/c1-17-5-6-18(2)10(9-17)8-16-21(19,20)11-3-4-12(14)13(15)7-11/h3-4,7,10,16H,5-6,8-9,15H2,1-2H3. The van der Waals surface area contributed by atoms with Crippen LogP contribution in [-0.2, 0) is 10.0 Å². The van der Waals surface area contributed by atoms with Gasteiger partial charge in [0.2, 0.25) is 10.0 Å². The summed E-state index contributed by atoms with van der Waals surface area (Å²) in [6.45, 7) is 2.96. The van der Waals surface area contributed by atoms with Crippen LogP contribution in [0.3, 0.4) is 0 Å². The molecule has 0 bridgehead atoms. The number of sulfonamides is 1. The van der Waals surface area contributed by atoms with E-state index in [1.54, 1.807) is 0 Å². The number of benzene rings is 1. The Morgan fingerprint density at radius 1 is 1.38 bits per heavy atom. The first-order valence-electron chi connectivity index (χ1n) is 6.73. The van der Waals surface area contributed by atoms with Crippen LogP contribution in [-0.4, -0.2) is 64.5 Å². The largest absolute Gasteiger partial charge is 0.396 e. The summed E-state index contributed by atoms with van der Waals surface area (Å²) >= 11 is 0. The third-order valence-corrected chi connectivity index (χ3v) is 5.19. The third kappa shape index (κ3) is 3.91. The van der Waals surface area contributed by atoms with Gasteiger partial charge in [-0.1, -0.05) is 0 Å². The average Bonchev–Trinajstić information content (AvgIpc) is 2.43. The zero-order valence-corrected chi connectivity index (χ0v) is 13.0. The number of hydrogen-bond acceptors (Lipinski definition) is 5. The molecule has 1 heterocycles. The highest BCUT2D eigenvalue weighted by molar-refractivity contribution is 7.89. The van der Waals surface area contributed by atoms with E-state index in [1.807, 2.05) is 14.1 Å². The van der Waals surface area contributed by atoms with Gasteiger partial charge in [-0.2, -0.15) is 0 Å². The van der Waals surface area contributed by atoms with Crippen LogP contribution < -0.4 is 10.5 Å². The molecule has 1 aromatic rings. The second-order valence-corrected chi connectivity index (χ2v) is 7.20. The Hall–Kier alpha value is -1.22. The molecule has 0 saturated carbocycles. The summed E-state index contributed by atoms with van der Waals surface area (Å²) in [6.07, 6.45) is 0. The highest BCUT2D eigenvalue weighted by atomic mass is 32.2. The molecule has 0 amide bonds. The predicted octanol–water partition coefficient (Wildman–Crippen LogP) is -0.0680. The van der Waals surface area contributed by atoms with Crippen LogP contribution in [0, 0.1) is 5.82 Å². The molecule has 1 aromatic carbocycles. The molecule has 118 valence electrons. The SMILES string of the molecule is CN1CCN(C)C(CNS(=O)(=O)c2ccc(F)c(N)c2)C1. The summed E-state index contributed by atoms with van der Waals surface area (Å²) in [4.78, 5) is 4.27. The second-order valence-electron chi connectivity index (χ2n) is 5.43. The Morgan fingerprint density at radius 3 is 2.76 bits per heavy atom. The molecule has 2 rings (SSSR count). The van der Waals surface area contributed by atoms with Crippen LogP contribution in [0.1, 0.15) is 0 Å². The summed E-state index contributed by atoms with van der Waals surface area (Å²) in [5.74, 6) is -0.623. The Bertz CT molecular complexity index is 608. The van der Waals surface area contributed by atoms with Crippen LogP contribution >= 0.6 is 0 Å². The smallest absolute Gasteiger partial charge is 0.240 e. The van der Waals surface area contributed by atoms with Gasteiger partial charge in [-0.3, -0.25) is 4.90 Å². The summed E-state index contributed by atoms with van der Waals surface area (Å²) in [6, 6.07) is 3.51. The molecule has 21 heavy (non-hydrogen) atoms. The summed E-state index contributed by atoms with van der Waals surface area (Å²) in [5, 5.41) is 0. The third-order valence-electron chi connectivity index (χ3n) is 3.77. The molecule has 1 unspecified atom stereocenters. The lowest BCUT2D eigenvalue weighted by Gasteiger charge is -2.37. The van der Waals surface area contributed by atoms with E-state index in [4.69, 9.17) is 5.73 Å². The maximum Gasteiger partial charge on any atom is 0.240 e. The Balaban J connectivity index is 2.05. The van der Waals surface area contributed by atoms with Crippen LogP contribution in [0.5, 0.6) is 0 Å². The van der Waals surface area contributed by atoms with Crippen molar-refractivity contribution in [1.82, 2.24) is 14.5 Å². The van der Waals surface area contributed by atoms with Crippen LogP contribution in [0.2, 0.25) is 0 Å². The van der Waals surface area contributed by atoms with Crippen molar-refractivity contribution < 1.29 is 12.8 Å². The van der Waals surface area contributed by atoms with Gasteiger partial charge in [0.15, 0.2) is 0 Å². The molecule has 3 N–H and O–H groups in total. The van der Waals surface area contributed by atoms with Crippen molar-refractivity contribution >= 4 is 15.7 Å². The molecule has 1 atom stereocenters. The van der Waals surface area contributed by atoms with E-state index < -0.39 is 15.8 Å². The van der Waals surface area contributed by atoms with Crippen LogP contribution in [0.15, 0.2) is 23.1 Å². The van der Waals surface area contributed by atoms with Crippen molar-refractivity contribution in [1.29, 1.82) is 0 Å². The van der Waals surface area contributed by atoms with E-state index in [9.17, 15) is 12.8 Å². The topological polar surface area (TPSA) is 78.7 Å². The normalized spacial score (nSPS) is 21.6. The molecule has 8 heteroatoms. The van der Waals surface area contributed by atoms with Crippen molar-refractivity contribution in [2.75, 3.05) is 46.0 Å². The van der Waals surface area contributed by atoms with Crippen molar-refractivity contribution in [3.63, 3.8) is 0 Å². The number of rotatable bonds is 4. The summed E-state index contributed by atoms with van der Waals surface area (Å²) in [5.41, 5.74) is 5.24. The minimum atomic E-state index is -3.68. The number of nitrogen functional groups attached to an aromatic ring is 1. The van der Waals surface area contributed by atoms with Gasteiger partial charge in [-0.25, -0.2) is 17.5 Å². The number of piperazine rings is 1. The maximum atomic E-state index is 13.1. The number of nitrogens with zero attached hydrogens (tertiary/aromatic N) is 2. The van der Waals surface area contributed by atoms with Gasteiger partial charge >= 0.3 is 0 Å². The first-order chi connectivity index (χ1) is 9.79. The number of halogens is 1.